The van der Waals surface area contributed by atoms with Gasteiger partial charge in [-0.3, -0.25) is 9.36 Å². The van der Waals surface area contributed by atoms with Crippen LogP contribution in [0.5, 0.6) is 0 Å². The third kappa shape index (κ3) is 3.84. The van der Waals surface area contributed by atoms with Gasteiger partial charge in [0.2, 0.25) is 0 Å². The van der Waals surface area contributed by atoms with Crippen LogP contribution in [0.25, 0.3) is 32.6 Å². The standard InChI is InChI=1S/C27H20FN3O2S/c1-17-24(20-9-6-12-23-19(20)14-16-34-23)27(32)31(15-13-18-7-3-2-4-8-18)26(29-17)21-10-5-11-22(28)25(21)30-33/h2-12,14,16H,13,15H2,1H3. The van der Waals surface area contributed by atoms with Crippen LogP contribution < -0.4 is 5.56 Å². The summed E-state index contributed by atoms with van der Waals surface area (Å²) >= 11 is 1.61. The summed E-state index contributed by atoms with van der Waals surface area (Å²) in [6.45, 7) is 2.08. The highest BCUT2D eigenvalue weighted by Gasteiger charge is 2.22. The molecule has 0 radical (unpaired) electrons. The van der Waals surface area contributed by atoms with Gasteiger partial charge in [0.1, 0.15) is 5.82 Å². The maximum Gasteiger partial charge on any atom is 0.261 e. The Labute approximate surface area is 199 Å². The summed E-state index contributed by atoms with van der Waals surface area (Å²) in [6.07, 6.45) is 0.569. The maximum absolute atomic E-state index is 14.4. The van der Waals surface area contributed by atoms with Crippen LogP contribution in [0.4, 0.5) is 10.1 Å². The molecule has 5 aromatic rings. The molecule has 2 aromatic heterocycles. The molecular formula is C27H20FN3O2S. The van der Waals surface area contributed by atoms with Crippen LogP contribution in [0.1, 0.15) is 11.3 Å². The highest BCUT2D eigenvalue weighted by atomic mass is 32.1. The lowest BCUT2D eigenvalue weighted by Gasteiger charge is -2.17. The summed E-state index contributed by atoms with van der Waals surface area (Å²) in [5.74, 6) is -0.519. The van der Waals surface area contributed by atoms with Gasteiger partial charge in [0.05, 0.1) is 11.3 Å². The van der Waals surface area contributed by atoms with Crippen molar-refractivity contribution in [3.63, 3.8) is 0 Å². The summed E-state index contributed by atoms with van der Waals surface area (Å²) in [5.41, 5.74) is 2.47. The Morgan fingerprint density at radius 2 is 1.74 bits per heavy atom. The lowest BCUT2D eigenvalue weighted by molar-refractivity contribution is 0.628. The third-order valence-corrected chi connectivity index (χ3v) is 6.78. The number of thiophene rings is 1. The lowest BCUT2D eigenvalue weighted by atomic mass is 10.0. The van der Waals surface area contributed by atoms with Crippen LogP contribution in [-0.4, -0.2) is 9.55 Å². The summed E-state index contributed by atoms with van der Waals surface area (Å²) in [4.78, 5) is 30.2. The number of halogens is 1. The largest absolute Gasteiger partial charge is 0.292 e. The van der Waals surface area contributed by atoms with E-state index >= 15 is 0 Å². The first kappa shape index (κ1) is 21.9. The van der Waals surface area contributed by atoms with Crippen molar-refractivity contribution >= 4 is 27.1 Å². The number of rotatable bonds is 6. The normalized spacial score (nSPS) is 11.1. The fourth-order valence-electron chi connectivity index (χ4n) is 4.27. The Balaban J connectivity index is 1.76. The predicted octanol–water partition coefficient (Wildman–Crippen LogP) is 6.88. The zero-order valence-corrected chi connectivity index (χ0v) is 19.2. The van der Waals surface area contributed by atoms with Crippen molar-refractivity contribution < 1.29 is 4.39 Å². The molecule has 0 amide bonds. The molecule has 0 saturated carbocycles. The Morgan fingerprint density at radius 1 is 0.971 bits per heavy atom. The number of fused-ring (bicyclic) bond motifs is 1. The van der Waals surface area contributed by atoms with Crippen molar-refractivity contribution in [3.05, 3.63) is 111 Å². The van der Waals surface area contributed by atoms with Gasteiger partial charge >= 0.3 is 0 Å². The van der Waals surface area contributed by atoms with Crippen molar-refractivity contribution in [2.45, 2.75) is 19.9 Å². The van der Waals surface area contributed by atoms with Crippen LogP contribution in [0, 0.1) is 17.6 Å². The first-order valence-electron chi connectivity index (χ1n) is 10.8. The van der Waals surface area contributed by atoms with Crippen molar-refractivity contribution in [1.29, 1.82) is 0 Å². The minimum atomic E-state index is -0.749. The van der Waals surface area contributed by atoms with Gasteiger partial charge in [-0.25, -0.2) is 9.37 Å². The van der Waals surface area contributed by atoms with Gasteiger partial charge in [-0.15, -0.1) is 16.2 Å². The zero-order valence-electron chi connectivity index (χ0n) is 18.4. The molecule has 0 fully saturated rings. The summed E-state index contributed by atoms with van der Waals surface area (Å²) in [6, 6.07) is 21.9. The Bertz CT molecular complexity index is 1570. The number of benzene rings is 3. The molecule has 5 nitrogen and oxygen atoms in total. The highest BCUT2D eigenvalue weighted by molar-refractivity contribution is 7.17. The molecule has 0 aliphatic heterocycles. The quantitative estimate of drug-likeness (QED) is 0.255. The first-order valence-corrected chi connectivity index (χ1v) is 11.7. The summed E-state index contributed by atoms with van der Waals surface area (Å²) in [5, 5.41) is 5.88. The van der Waals surface area contributed by atoms with Crippen LogP contribution in [-0.2, 0) is 13.0 Å². The molecule has 0 unspecified atom stereocenters. The average molecular weight is 470 g/mol. The second kappa shape index (κ2) is 9.11. The topological polar surface area (TPSA) is 64.3 Å². The van der Waals surface area contributed by atoms with Crippen molar-refractivity contribution in [1.82, 2.24) is 9.55 Å². The Hall–Kier alpha value is -3.97. The molecule has 0 aliphatic carbocycles. The van der Waals surface area contributed by atoms with Crippen LogP contribution >= 0.6 is 11.3 Å². The van der Waals surface area contributed by atoms with Gasteiger partial charge in [0.25, 0.3) is 5.56 Å². The summed E-state index contributed by atoms with van der Waals surface area (Å²) < 4.78 is 17.0. The van der Waals surface area contributed by atoms with Gasteiger partial charge in [0.15, 0.2) is 11.5 Å². The van der Waals surface area contributed by atoms with E-state index in [1.807, 2.05) is 60.0 Å². The van der Waals surface area contributed by atoms with Gasteiger partial charge in [-0.05, 0) is 59.3 Å². The molecule has 0 N–H and O–H groups in total. The second-order valence-corrected chi connectivity index (χ2v) is 8.90. The number of aromatic nitrogens is 2. The minimum absolute atomic E-state index is 0.198. The lowest BCUT2D eigenvalue weighted by Crippen LogP contribution is -2.27. The van der Waals surface area contributed by atoms with E-state index in [4.69, 9.17) is 4.98 Å². The molecule has 7 heteroatoms. The number of nitroso groups, excluding NO2 is 1. The van der Waals surface area contributed by atoms with E-state index in [1.165, 1.54) is 16.7 Å². The molecule has 0 atom stereocenters. The van der Waals surface area contributed by atoms with Crippen molar-refractivity contribution in [3.8, 4) is 22.5 Å². The van der Waals surface area contributed by atoms with Crippen molar-refractivity contribution in [2.75, 3.05) is 0 Å². The fraction of sp³-hybridized carbons (Fsp3) is 0.111. The van der Waals surface area contributed by atoms with E-state index < -0.39 is 5.82 Å². The van der Waals surface area contributed by atoms with Gasteiger partial charge in [-0.2, -0.15) is 0 Å². The van der Waals surface area contributed by atoms with E-state index in [0.717, 1.165) is 21.2 Å². The molecule has 2 heterocycles. The first-order chi connectivity index (χ1) is 16.6. The maximum atomic E-state index is 14.4. The number of hydrogen-bond acceptors (Lipinski definition) is 5. The number of aryl methyl sites for hydroxylation is 2. The molecular weight excluding hydrogens is 449 g/mol. The average Bonchev–Trinajstić information content (AvgIpc) is 3.33. The molecule has 0 saturated heterocycles. The van der Waals surface area contributed by atoms with E-state index in [2.05, 4.69) is 5.18 Å². The molecule has 0 aliphatic rings. The molecule has 5 rings (SSSR count). The Kier molecular flexibility index (Phi) is 5.86. The second-order valence-electron chi connectivity index (χ2n) is 7.95. The fourth-order valence-corrected chi connectivity index (χ4v) is 5.08. The third-order valence-electron chi connectivity index (χ3n) is 5.90. The highest BCUT2D eigenvalue weighted by Crippen LogP contribution is 2.35. The van der Waals surface area contributed by atoms with E-state index in [0.29, 0.717) is 24.2 Å². The van der Waals surface area contributed by atoms with Gasteiger partial charge < -0.3 is 0 Å². The number of nitrogens with zero attached hydrogens (tertiary/aromatic N) is 3. The molecule has 34 heavy (non-hydrogen) atoms. The molecule has 0 bridgehead atoms. The van der Waals surface area contributed by atoms with Crippen LogP contribution in [0.3, 0.4) is 0 Å². The minimum Gasteiger partial charge on any atom is -0.292 e. The smallest absolute Gasteiger partial charge is 0.261 e. The monoisotopic (exact) mass is 469 g/mol. The zero-order chi connectivity index (χ0) is 23.7. The van der Waals surface area contributed by atoms with E-state index in [-0.39, 0.29) is 22.6 Å². The van der Waals surface area contributed by atoms with Gasteiger partial charge in [-0.1, -0.05) is 48.5 Å². The number of hydrogen-bond donors (Lipinski definition) is 0. The van der Waals surface area contributed by atoms with E-state index in [1.54, 1.807) is 24.3 Å². The summed E-state index contributed by atoms with van der Waals surface area (Å²) in [7, 11) is 0. The van der Waals surface area contributed by atoms with E-state index in [9.17, 15) is 14.1 Å². The SMILES string of the molecule is Cc1nc(-c2cccc(F)c2N=O)n(CCc2ccccc2)c(=O)c1-c1cccc2sccc12. The van der Waals surface area contributed by atoms with Crippen molar-refractivity contribution in [2.24, 2.45) is 5.18 Å². The Morgan fingerprint density at radius 3 is 2.53 bits per heavy atom. The van der Waals surface area contributed by atoms with Crippen LogP contribution in [0.2, 0.25) is 0 Å². The van der Waals surface area contributed by atoms with Crippen LogP contribution in [0.15, 0.2) is 88.1 Å². The molecule has 3 aromatic carbocycles. The predicted molar refractivity (Wildman–Crippen MR) is 135 cm³/mol. The molecule has 168 valence electrons. The molecule has 0 spiro atoms. The van der Waals surface area contributed by atoms with Gasteiger partial charge in [0, 0.05) is 22.2 Å².